The third-order valence-corrected chi connectivity index (χ3v) is 4.38. The van der Waals surface area contributed by atoms with Crippen LogP contribution in [0, 0.1) is 17.5 Å². The van der Waals surface area contributed by atoms with Crippen molar-refractivity contribution < 1.29 is 39.5 Å². The number of halogens is 6. The highest BCUT2D eigenvalue weighted by Crippen LogP contribution is 2.22. The van der Waals surface area contributed by atoms with Gasteiger partial charge >= 0.3 is 6.18 Å². The smallest absolute Gasteiger partial charge is 0.422 e. The van der Waals surface area contributed by atoms with Crippen LogP contribution in [0.3, 0.4) is 0 Å². The molecule has 142 valence electrons. The number of benzene rings is 1. The summed E-state index contributed by atoms with van der Waals surface area (Å²) in [6.45, 7) is -2.27. The molecule has 2 rings (SSSR count). The minimum absolute atomic E-state index is 0.0803. The fourth-order valence-corrected chi connectivity index (χ4v) is 2.88. The van der Waals surface area contributed by atoms with Gasteiger partial charge in [-0.05, 0) is 18.2 Å². The topological polar surface area (TPSA) is 68.3 Å². The Labute approximate surface area is 143 Å². The number of rotatable bonds is 6. The Morgan fingerprint density at radius 1 is 1.08 bits per heavy atom. The van der Waals surface area contributed by atoms with Crippen LogP contribution in [-0.4, -0.2) is 26.2 Å². The van der Waals surface area contributed by atoms with Gasteiger partial charge in [0.25, 0.3) is 0 Å². The molecular formula is C14H10F6N2O3S. The van der Waals surface area contributed by atoms with Gasteiger partial charge in [-0.1, -0.05) is 6.07 Å². The molecule has 0 aliphatic rings. The minimum atomic E-state index is -4.64. The monoisotopic (exact) mass is 400 g/mol. The van der Waals surface area contributed by atoms with Crippen molar-refractivity contribution in [3.05, 3.63) is 53.5 Å². The average molecular weight is 400 g/mol. The molecule has 1 heterocycles. The summed E-state index contributed by atoms with van der Waals surface area (Å²) >= 11 is 0. The fraction of sp³-hybridized carbons (Fsp3) is 0.214. The summed E-state index contributed by atoms with van der Waals surface area (Å²) in [6, 6.07) is 3.47. The summed E-state index contributed by atoms with van der Waals surface area (Å²) in [5.74, 6) is -5.95. The molecule has 0 saturated carbocycles. The predicted octanol–water partition coefficient (Wildman–Crippen LogP) is 2.92. The molecule has 0 spiro atoms. The van der Waals surface area contributed by atoms with Gasteiger partial charge in [0, 0.05) is 18.3 Å². The van der Waals surface area contributed by atoms with Crippen LogP contribution in [0.15, 0.2) is 35.4 Å². The number of hydrogen-bond donors (Lipinski definition) is 1. The average Bonchev–Trinajstić information content (AvgIpc) is 2.56. The van der Waals surface area contributed by atoms with E-state index in [9.17, 15) is 34.8 Å². The molecule has 2 aromatic rings. The maximum Gasteiger partial charge on any atom is 0.422 e. The second-order valence-corrected chi connectivity index (χ2v) is 6.60. The van der Waals surface area contributed by atoms with Gasteiger partial charge in [0.05, 0.1) is 0 Å². The Bertz CT molecular complexity index is 902. The Balaban J connectivity index is 2.20. The minimum Gasteiger partial charge on any atom is -0.468 e. The summed E-state index contributed by atoms with van der Waals surface area (Å²) in [4.78, 5) is 2.40. The molecule has 5 nitrogen and oxygen atoms in total. The van der Waals surface area contributed by atoms with Crippen molar-refractivity contribution in [3.8, 4) is 5.88 Å². The Hall–Kier alpha value is -2.34. The lowest BCUT2D eigenvalue weighted by molar-refractivity contribution is -0.154. The number of alkyl halides is 3. The molecule has 0 radical (unpaired) electrons. The zero-order valence-electron chi connectivity index (χ0n) is 12.6. The van der Waals surface area contributed by atoms with Crippen molar-refractivity contribution >= 4 is 10.0 Å². The third kappa shape index (κ3) is 4.85. The lowest BCUT2D eigenvalue weighted by Crippen LogP contribution is -2.26. The quantitative estimate of drug-likeness (QED) is 0.598. The first-order valence-corrected chi connectivity index (χ1v) is 8.26. The van der Waals surface area contributed by atoms with E-state index in [-0.39, 0.29) is 5.56 Å². The molecule has 0 amide bonds. The molecule has 0 bridgehead atoms. The maximum absolute atomic E-state index is 13.6. The Morgan fingerprint density at radius 2 is 1.77 bits per heavy atom. The van der Waals surface area contributed by atoms with Crippen molar-refractivity contribution in [1.29, 1.82) is 0 Å². The lowest BCUT2D eigenvalue weighted by atomic mass is 10.3. The number of nitrogens with zero attached hydrogens (tertiary/aromatic N) is 1. The second kappa shape index (κ2) is 7.50. The van der Waals surface area contributed by atoms with Crippen molar-refractivity contribution in [3.63, 3.8) is 0 Å². The standard InChI is InChI=1S/C14H10F6N2O3S/c15-9-3-4-10(12(17)11(9)16)26(23,24)22-6-8-2-1-5-21-13(8)25-7-14(18,19)20/h1-5,22H,6-7H2. The first kappa shape index (κ1) is 20.0. The molecule has 1 aromatic carbocycles. The summed E-state index contributed by atoms with van der Waals surface area (Å²) in [7, 11) is -4.63. The van der Waals surface area contributed by atoms with Crippen LogP contribution >= 0.6 is 0 Å². The van der Waals surface area contributed by atoms with E-state index in [1.807, 2.05) is 4.72 Å². The summed E-state index contributed by atoms with van der Waals surface area (Å²) in [5.41, 5.74) is -0.0803. The molecule has 0 saturated heterocycles. The Morgan fingerprint density at radius 3 is 2.42 bits per heavy atom. The first-order valence-electron chi connectivity index (χ1n) is 6.78. The normalized spacial score (nSPS) is 12.2. The zero-order chi connectivity index (χ0) is 19.5. The van der Waals surface area contributed by atoms with Crippen LogP contribution in [0.2, 0.25) is 0 Å². The molecule has 0 atom stereocenters. The van der Waals surface area contributed by atoms with Crippen molar-refractivity contribution in [2.75, 3.05) is 6.61 Å². The number of sulfonamides is 1. The first-order chi connectivity index (χ1) is 12.0. The second-order valence-electron chi connectivity index (χ2n) is 4.87. The predicted molar refractivity (Wildman–Crippen MR) is 76.1 cm³/mol. The molecule has 0 aliphatic heterocycles. The number of nitrogens with one attached hydrogen (secondary N) is 1. The molecule has 0 fully saturated rings. The third-order valence-electron chi connectivity index (χ3n) is 2.96. The van der Waals surface area contributed by atoms with Crippen LogP contribution in [0.25, 0.3) is 0 Å². The molecule has 1 N–H and O–H groups in total. The number of ether oxygens (including phenoxy) is 1. The fourth-order valence-electron chi connectivity index (χ4n) is 1.81. The molecule has 1 aromatic heterocycles. The van der Waals surface area contributed by atoms with E-state index in [1.165, 1.54) is 12.1 Å². The zero-order valence-corrected chi connectivity index (χ0v) is 13.5. The van der Waals surface area contributed by atoms with Gasteiger partial charge in [-0.2, -0.15) is 13.2 Å². The molecule has 0 aliphatic carbocycles. The van der Waals surface area contributed by atoms with Crippen LogP contribution in [0.1, 0.15) is 5.56 Å². The number of hydrogen-bond acceptors (Lipinski definition) is 4. The van der Waals surface area contributed by atoms with Gasteiger partial charge in [0.1, 0.15) is 4.90 Å². The number of pyridine rings is 1. The molecule has 26 heavy (non-hydrogen) atoms. The largest absolute Gasteiger partial charge is 0.468 e. The van der Waals surface area contributed by atoms with Crippen LogP contribution < -0.4 is 9.46 Å². The van der Waals surface area contributed by atoms with Crippen LogP contribution in [0.4, 0.5) is 26.3 Å². The highest BCUT2D eigenvalue weighted by atomic mass is 32.2. The summed E-state index contributed by atoms with van der Waals surface area (Å²) in [6.07, 6.45) is -3.51. The molecule has 0 unspecified atom stereocenters. The molecule has 12 heteroatoms. The van der Waals surface area contributed by atoms with Crippen LogP contribution in [0.5, 0.6) is 5.88 Å². The van der Waals surface area contributed by atoms with E-state index in [4.69, 9.17) is 0 Å². The van der Waals surface area contributed by atoms with Crippen molar-refractivity contribution in [2.24, 2.45) is 0 Å². The van der Waals surface area contributed by atoms with E-state index >= 15 is 0 Å². The van der Waals surface area contributed by atoms with E-state index in [0.717, 1.165) is 6.20 Å². The summed E-state index contributed by atoms with van der Waals surface area (Å²) in [5, 5.41) is 0. The van der Waals surface area contributed by atoms with Gasteiger partial charge in [0.2, 0.25) is 15.9 Å². The van der Waals surface area contributed by atoms with Gasteiger partial charge in [-0.25, -0.2) is 31.3 Å². The summed E-state index contributed by atoms with van der Waals surface area (Å²) < 4.78 is 107. The lowest BCUT2D eigenvalue weighted by Gasteiger charge is -2.13. The van der Waals surface area contributed by atoms with Crippen LogP contribution in [-0.2, 0) is 16.6 Å². The van der Waals surface area contributed by atoms with Gasteiger partial charge in [-0.3, -0.25) is 0 Å². The van der Waals surface area contributed by atoms with Crippen molar-refractivity contribution in [1.82, 2.24) is 9.71 Å². The van der Waals surface area contributed by atoms with Gasteiger partial charge < -0.3 is 4.74 Å². The SMILES string of the molecule is O=S(=O)(NCc1cccnc1OCC(F)(F)F)c1ccc(F)c(F)c1F. The van der Waals surface area contributed by atoms with E-state index in [1.54, 1.807) is 0 Å². The maximum atomic E-state index is 13.6. The van der Waals surface area contributed by atoms with E-state index in [0.29, 0.717) is 12.1 Å². The highest BCUT2D eigenvalue weighted by Gasteiger charge is 2.29. The Kier molecular flexibility index (Phi) is 5.76. The van der Waals surface area contributed by atoms with Gasteiger partial charge in [-0.15, -0.1) is 0 Å². The van der Waals surface area contributed by atoms with Gasteiger partial charge in [0.15, 0.2) is 24.1 Å². The highest BCUT2D eigenvalue weighted by molar-refractivity contribution is 7.89. The molecular weight excluding hydrogens is 390 g/mol. The van der Waals surface area contributed by atoms with Crippen molar-refractivity contribution in [2.45, 2.75) is 17.6 Å². The van der Waals surface area contributed by atoms with E-state index in [2.05, 4.69) is 9.72 Å². The number of aromatic nitrogens is 1. The van der Waals surface area contributed by atoms with E-state index < -0.39 is 57.6 Å².